The minimum Gasteiger partial charge on any atom is -0.367 e. The van der Waals surface area contributed by atoms with Gasteiger partial charge >= 0.3 is 6.18 Å². The average molecular weight is 317 g/mol. The van der Waals surface area contributed by atoms with Gasteiger partial charge in [0.2, 0.25) is 0 Å². The molecule has 5 nitrogen and oxygen atoms in total. The summed E-state index contributed by atoms with van der Waals surface area (Å²) >= 11 is 0. The predicted molar refractivity (Wildman–Crippen MR) is 77.6 cm³/mol. The van der Waals surface area contributed by atoms with Crippen LogP contribution in [0.4, 0.5) is 24.7 Å². The molecule has 8 heteroatoms. The first-order valence-corrected chi connectivity index (χ1v) is 6.75. The first kappa shape index (κ1) is 17.9. The van der Waals surface area contributed by atoms with E-state index in [-0.39, 0.29) is 17.8 Å². The Kier molecular flexibility index (Phi) is 5.90. The summed E-state index contributed by atoms with van der Waals surface area (Å²) in [5.41, 5.74) is -1.82. The maximum Gasteiger partial charge on any atom is 0.420 e. The fourth-order valence-electron chi connectivity index (χ4n) is 1.93. The second-order valence-electron chi connectivity index (χ2n) is 5.21. The standard InChI is InChI=1S/C14H18F3N3O2/c1-4-5-6-12(9(2)3)19-13-11(14(15,16)17)7-10(8-18-13)20(21)22/h4,7-9,12H,1,5-6H2,2-3H3,(H,18,19). The maximum atomic E-state index is 13.1. The van der Waals surface area contributed by atoms with Gasteiger partial charge in [0, 0.05) is 12.1 Å². The number of pyridine rings is 1. The number of alkyl halides is 3. The molecule has 22 heavy (non-hydrogen) atoms. The molecular weight excluding hydrogens is 299 g/mol. The lowest BCUT2D eigenvalue weighted by atomic mass is 9.99. The Balaban J connectivity index is 3.16. The van der Waals surface area contributed by atoms with Crippen LogP contribution in [0, 0.1) is 16.0 Å². The van der Waals surface area contributed by atoms with Crippen LogP contribution in [0.25, 0.3) is 0 Å². The fourth-order valence-corrected chi connectivity index (χ4v) is 1.93. The summed E-state index contributed by atoms with van der Waals surface area (Å²) in [6, 6.07) is 0.258. The SMILES string of the molecule is C=CCCC(Nc1ncc([N+](=O)[O-])cc1C(F)(F)F)C(C)C. The highest BCUT2D eigenvalue weighted by atomic mass is 19.4. The third-order valence-electron chi connectivity index (χ3n) is 3.20. The van der Waals surface area contributed by atoms with Crippen LogP contribution >= 0.6 is 0 Å². The quantitative estimate of drug-likeness (QED) is 0.459. The van der Waals surface area contributed by atoms with Gasteiger partial charge in [-0.15, -0.1) is 6.58 Å². The van der Waals surface area contributed by atoms with E-state index < -0.39 is 22.4 Å². The van der Waals surface area contributed by atoms with E-state index in [0.717, 1.165) is 6.20 Å². The summed E-state index contributed by atoms with van der Waals surface area (Å²) in [7, 11) is 0. The van der Waals surface area contributed by atoms with Crippen LogP contribution in [0.2, 0.25) is 0 Å². The highest BCUT2D eigenvalue weighted by molar-refractivity contribution is 5.51. The van der Waals surface area contributed by atoms with Crippen LogP contribution < -0.4 is 5.32 Å². The zero-order valence-electron chi connectivity index (χ0n) is 12.4. The van der Waals surface area contributed by atoms with Crippen molar-refractivity contribution in [2.75, 3.05) is 5.32 Å². The smallest absolute Gasteiger partial charge is 0.367 e. The van der Waals surface area contributed by atoms with Crippen LogP contribution in [0.5, 0.6) is 0 Å². The first-order valence-electron chi connectivity index (χ1n) is 6.75. The number of halogens is 3. The van der Waals surface area contributed by atoms with Crippen LogP contribution in [0.1, 0.15) is 32.3 Å². The summed E-state index contributed by atoms with van der Waals surface area (Å²) in [5.74, 6) is -0.320. The third-order valence-corrected chi connectivity index (χ3v) is 3.20. The maximum absolute atomic E-state index is 13.1. The molecule has 0 aliphatic carbocycles. The number of nitrogens with zero attached hydrogens (tertiary/aromatic N) is 2. The molecule has 0 saturated heterocycles. The van der Waals surface area contributed by atoms with Gasteiger partial charge in [0.15, 0.2) is 0 Å². The molecule has 0 aliphatic rings. The van der Waals surface area contributed by atoms with E-state index in [4.69, 9.17) is 0 Å². The molecule has 1 unspecified atom stereocenters. The van der Waals surface area contributed by atoms with Gasteiger partial charge in [-0.05, 0) is 18.8 Å². The molecule has 1 N–H and O–H groups in total. The molecule has 1 rings (SSSR count). The minimum atomic E-state index is -4.72. The molecule has 0 aromatic carbocycles. The number of allylic oxidation sites excluding steroid dienone is 1. The van der Waals surface area contributed by atoms with Crippen LogP contribution in [0.3, 0.4) is 0 Å². The van der Waals surface area contributed by atoms with E-state index in [1.165, 1.54) is 0 Å². The van der Waals surface area contributed by atoms with Crippen molar-refractivity contribution in [2.45, 2.75) is 38.9 Å². The van der Waals surface area contributed by atoms with Gasteiger partial charge in [-0.25, -0.2) is 4.98 Å². The molecule has 0 bridgehead atoms. The Hall–Kier alpha value is -2.12. The first-order chi connectivity index (χ1) is 10.2. The zero-order chi connectivity index (χ0) is 16.9. The lowest BCUT2D eigenvalue weighted by Gasteiger charge is -2.24. The van der Waals surface area contributed by atoms with E-state index in [1.54, 1.807) is 6.08 Å². The summed E-state index contributed by atoms with van der Waals surface area (Å²) in [6.07, 6.45) is -0.976. The molecule has 0 aliphatic heterocycles. The van der Waals surface area contributed by atoms with Crippen molar-refractivity contribution in [3.8, 4) is 0 Å². The monoisotopic (exact) mass is 317 g/mol. The van der Waals surface area contributed by atoms with Gasteiger partial charge in [0.25, 0.3) is 5.69 Å². The number of anilines is 1. The Bertz CT molecular complexity index is 545. The molecule has 0 fully saturated rings. The van der Waals surface area contributed by atoms with Crippen LogP contribution in [-0.4, -0.2) is 15.9 Å². The Morgan fingerprint density at radius 3 is 2.59 bits per heavy atom. The van der Waals surface area contributed by atoms with Crippen LogP contribution in [0.15, 0.2) is 24.9 Å². The van der Waals surface area contributed by atoms with Crippen molar-refractivity contribution in [1.29, 1.82) is 0 Å². The zero-order valence-corrected chi connectivity index (χ0v) is 12.4. The highest BCUT2D eigenvalue weighted by Crippen LogP contribution is 2.36. The lowest BCUT2D eigenvalue weighted by molar-refractivity contribution is -0.385. The number of hydrogen-bond acceptors (Lipinski definition) is 4. The van der Waals surface area contributed by atoms with Crippen molar-refractivity contribution in [2.24, 2.45) is 5.92 Å². The second-order valence-corrected chi connectivity index (χ2v) is 5.21. The predicted octanol–water partition coefficient (Wildman–Crippen LogP) is 4.41. The van der Waals surface area contributed by atoms with Gasteiger partial charge in [0.05, 0.1) is 4.92 Å². The lowest BCUT2D eigenvalue weighted by Crippen LogP contribution is -2.27. The van der Waals surface area contributed by atoms with E-state index in [1.807, 2.05) is 13.8 Å². The highest BCUT2D eigenvalue weighted by Gasteiger charge is 2.36. The summed E-state index contributed by atoms with van der Waals surface area (Å²) in [4.78, 5) is 13.3. The van der Waals surface area contributed by atoms with Gasteiger partial charge in [-0.1, -0.05) is 19.9 Å². The number of nitro groups is 1. The average Bonchev–Trinajstić information content (AvgIpc) is 2.41. The number of rotatable bonds is 7. The van der Waals surface area contributed by atoms with E-state index in [0.29, 0.717) is 18.9 Å². The van der Waals surface area contributed by atoms with Gasteiger partial charge in [0.1, 0.15) is 17.6 Å². The number of nitrogens with one attached hydrogen (secondary N) is 1. The molecule has 0 saturated carbocycles. The van der Waals surface area contributed by atoms with Gasteiger partial charge in [-0.2, -0.15) is 13.2 Å². The molecule has 1 heterocycles. The molecule has 1 atom stereocenters. The Morgan fingerprint density at radius 2 is 2.14 bits per heavy atom. The van der Waals surface area contributed by atoms with E-state index >= 15 is 0 Å². The van der Waals surface area contributed by atoms with Crippen molar-refractivity contribution in [3.63, 3.8) is 0 Å². The van der Waals surface area contributed by atoms with Crippen molar-refractivity contribution in [3.05, 3.63) is 40.6 Å². The summed E-state index contributed by atoms with van der Waals surface area (Å²) in [6.45, 7) is 7.34. The third kappa shape index (κ3) is 4.71. The molecular formula is C14H18F3N3O2. The second kappa shape index (κ2) is 7.24. The van der Waals surface area contributed by atoms with Crippen LogP contribution in [-0.2, 0) is 6.18 Å². The number of hydrogen-bond donors (Lipinski definition) is 1. The Labute approximate surface area is 126 Å². The molecule has 0 amide bonds. The summed E-state index contributed by atoms with van der Waals surface area (Å²) in [5, 5.41) is 13.4. The van der Waals surface area contributed by atoms with Gasteiger partial charge in [-0.3, -0.25) is 10.1 Å². The van der Waals surface area contributed by atoms with Crippen molar-refractivity contribution < 1.29 is 18.1 Å². The molecule has 1 aromatic heterocycles. The molecule has 0 radical (unpaired) electrons. The van der Waals surface area contributed by atoms with Crippen molar-refractivity contribution >= 4 is 11.5 Å². The minimum absolute atomic E-state index is 0.0676. The van der Waals surface area contributed by atoms with Crippen molar-refractivity contribution in [1.82, 2.24) is 4.98 Å². The largest absolute Gasteiger partial charge is 0.420 e. The van der Waals surface area contributed by atoms with Gasteiger partial charge < -0.3 is 5.32 Å². The Morgan fingerprint density at radius 1 is 1.50 bits per heavy atom. The fraction of sp³-hybridized carbons (Fsp3) is 0.500. The topological polar surface area (TPSA) is 68.1 Å². The number of aromatic nitrogens is 1. The van der Waals surface area contributed by atoms with E-state index in [9.17, 15) is 23.3 Å². The molecule has 122 valence electrons. The summed E-state index contributed by atoms with van der Waals surface area (Å²) < 4.78 is 39.2. The molecule has 1 aromatic rings. The molecule has 0 spiro atoms. The van der Waals surface area contributed by atoms with E-state index in [2.05, 4.69) is 16.9 Å². The normalized spacial score (nSPS) is 13.0.